The summed E-state index contributed by atoms with van der Waals surface area (Å²) in [6.07, 6.45) is 3.88. The van der Waals surface area contributed by atoms with Gasteiger partial charge in [-0.2, -0.15) is 4.31 Å². The molecule has 1 aromatic rings. The van der Waals surface area contributed by atoms with Crippen LogP contribution in [0.5, 0.6) is 0 Å². The van der Waals surface area contributed by atoms with Gasteiger partial charge in [0, 0.05) is 51.9 Å². The fourth-order valence-electron chi connectivity index (χ4n) is 3.45. The third kappa shape index (κ3) is 4.17. The highest BCUT2D eigenvalue weighted by molar-refractivity contribution is 7.89. The molecule has 144 valence electrons. The Balaban J connectivity index is 1.61. The van der Waals surface area contributed by atoms with Crippen LogP contribution in [-0.4, -0.2) is 67.8 Å². The molecule has 26 heavy (non-hydrogen) atoms. The molecular weight excluding hydrogens is 352 g/mol. The number of anilines is 1. The summed E-state index contributed by atoms with van der Waals surface area (Å²) < 4.78 is 26.6. The van der Waals surface area contributed by atoms with Gasteiger partial charge in [-0.25, -0.2) is 13.4 Å². The normalized spacial score (nSPS) is 19.3. The van der Waals surface area contributed by atoms with Gasteiger partial charge in [-0.15, -0.1) is 0 Å². The molecule has 0 saturated carbocycles. The van der Waals surface area contributed by atoms with Crippen molar-refractivity contribution in [3.8, 4) is 0 Å². The number of nitrogens with zero attached hydrogens (tertiary/aromatic N) is 4. The Hall–Kier alpha value is -1.67. The van der Waals surface area contributed by atoms with Gasteiger partial charge < -0.3 is 9.80 Å². The van der Waals surface area contributed by atoms with Crippen molar-refractivity contribution in [3.63, 3.8) is 0 Å². The fourth-order valence-corrected chi connectivity index (χ4v) is 4.92. The lowest BCUT2D eigenvalue weighted by Crippen LogP contribution is -2.49. The standard InChI is InChI=1S/C18H28N4O3S/c1-15(2)13-18(23)21-11-9-20(10-12-21)17-6-5-16(14-19-17)26(24,25)22-7-3-4-8-22/h5-6,14-15H,3-4,7-13H2,1-2H3. The highest BCUT2D eigenvalue weighted by Gasteiger charge is 2.28. The number of hydrogen-bond acceptors (Lipinski definition) is 5. The molecular formula is C18H28N4O3S. The third-order valence-corrected chi connectivity index (χ3v) is 6.84. The number of carbonyl (C=O) groups excluding carboxylic acids is 1. The van der Waals surface area contributed by atoms with Gasteiger partial charge in [0.1, 0.15) is 10.7 Å². The topological polar surface area (TPSA) is 73.8 Å². The van der Waals surface area contributed by atoms with E-state index in [2.05, 4.69) is 23.7 Å². The summed E-state index contributed by atoms with van der Waals surface area (Å²) in [4.78, 5) is 20.8. The summed E-state index contributed by atoms with van der Waals surface area (Å²) in [6, 6.07) is 3.42. The zero-order chi connectivity index (χ0) is 18.7. The van der Waals surface area contributed by atoms with E-state index in [1.165, 1.54) is 10.5 Å². The van der Waals surface area contributed by atoms with Crippen molar-refractivity contribution in [2.75, 3.05) is 44.2 Å². The number of pyridine rings is 1. The molecule has 0 bridgehead atoms. The van der Waals surface area contributed by atoms with Crippen molar-refractivity contribution in [2.45, 2.75) is 38.0 Å². The molecule has 1 aromatic heterocycles. The Morgan fingerprint density at radius 3 is 2.27 bits per heavy atom. The smallest absolute Gasteiger partial charge is 0.244 e. The van der Waals surface area contributed by atoms with Crippen LogP contribution in [0.3, 0.4) is 0 Å². The molecule has 0 aliphatic carbocycles. The van der Waals surface area contributed by atoms with Crippen LogP contribution in [0.1, 0.15) is 33.1 Å². The summed E-state index contributed by atoms with van der Waals surface area (Å²) in [5, 5.41) is 0. The first kappa shape index (κ1) is 19.1. The molecule has 2 aliphatic heterocycles. The highest BCUT2D eigenvalue weighted by Crippen LogP contribution is 2.22. The van der Waals surface area contributed by atoms with Gasteiger partial charge in [0.2, 0.25) is 15.9 Å². The molecule has 3 heterocycles. The molecule has 0 aromatic carbocycles. The van der Waals surface area contributed by atoms with E-state index in [1.807, 2.05) is 4.90 Å². The van der Waals surface area contributed by atoms with Crippen LogP contribution in [0, 0.1) is 5.92 Å². The molecule has 2 saturated heterocycles. The summed E-state index contributed by atoms with van der Waals surface area (Å²) in [7, 11) is -3.42. The van der Waals surface area contributed by atoms with Crippen molar-refractivity contribution < 1.29 is 13.2 Å². The number of sulfonamides is 1. The predicted molar refractivity (Wildman–Crippen MR) is 100 cm³/mol. The molecule has 3 rings (SSSR count). The van der Waals surface area contributed by atoms with E-state index in [0.29, 0.717) is 38.5 Å². The second-order valence-corrected chi connectivity index (χ2v) is 9.37. The lowest BCUT2D eigenvalue weighted by atomic mass is 10.1. The average Bonchev–Trinajstić information content (AvgIpc) is 3.17. The van der Waals surface area contributed by atoms with Gasteiger partial charge in [0.05, 0.1) is 0 Å². The maximum atomic E-state index is 12.6. The van der Waals surface area contributed by atoms with Crippen molar-refractivity contribution in [3.05, 3.63) is 18.3 Å². The molecule has 0 atom stereocenters. The fraction of sp³-hybridized carbons (Fsp3) is 0.667. The van der Waals surface area contributed by atoms with E-state index in [-0.39, 0.29) is 10.8 Å². The van der Waals surface area contributed by atoms with E-state index in [4.69, 9.17) is 0 Å². The van der Waals surface area contributed by atoms with Crippen LogP contribution >= 0.6 is 0 Å². The molecule has 1 amide bonds. The van der Waals surface area contributed by atoms with Gasteiger partial charge in [-0.05, 0) is 30.9 Å². The number of hydrogen-bond donors (Lipinski definition) is 0. The predicted octanol–water partition coefficient (Wildman–Crippen LogP) is 1.56. The van der Waals surface area contributed by atoms with Crippen molar-refractivity contribution in [1.82, 2.24) is 14.2 Å². The summed E-state index contributed by atoms with van der Waals surface area (Å²) in [6.45, 7) is 8.09. The number of aromatic nitrogens is 1. The van der Waals surface area contributed by atoms with Crippen LogP contribution in [0.15, 0.2) is 23.2 Å². The van der Waals surface area contributed by atoms with Gasteiger partial charge >= 0.3 is 0 Å². The molecule has 0 unspecified atom stereocenters. The number of carbonyl (C=O) groups is 1. The monoisotopic (exact) mass is 380 g/mol. The van der Waals surface area contributed by atoms with Gasteiger partial charge in [-0.3, -0.25) is 4.79 Å². The molecule has 0 radical (unpaired) electrons. The van der Waals surface area contributed by atoms with E-state index < -0.39 is 10.0 Å². The molecule has 7 nitrogen and oxygen atoms in total. The number of piperazine rings is 1. The minimum atomic E-state index is -3.42. The lowest BCUT2D eigenvalue weighted by molar-refractivity contribution is -0.132. The molecule has 8 heteroatoms. The molecule has 0 N–H and O–H groups in total. The second-order valence-electron chi connectivity index (χ2n) is 7.43. The molecule has 2 fully saturated rings. The lowest BCUT2D eigenvalue weighted by Gasteiger charge is -2.35. The Bertz CT molecular complexity index is 719. The van der Waals surface area contributed by atoms with Gasteiger partial charge in [-0.1, -0.05) is 13.8 Å². The first-order chi connectivity index (χ1) is 12.4. The number of rotatable bonds is 5. The maximum absolute atomic E-state index is 12.6. The van der Waals surface area contributed by atoms with Crippen molar-refractivity contribution in [2.24, 2.45) is 5.92 Å². The van der Waals surface area contributed by atoms with Crippen LogP contribution in [0.2, 0.25) is 0 Å². The Morgan fingerprint density at radius 2 is 1.73 bits per heavy atom. The Kier molecular flexibility index (Phi) is 5.82. The minimum absolute atomic E-state index is 0.208. The summed E-state index contributed by atoms with van der Waals surface area (Å²) in [5.74, 6) is 1.34. The van der Waals surface area contributed by atoms with Crippen molar-refractivity contribution >= 4 is 21.7 Å². The zero-order valence-corrected chi connectivity index (χ0v) is 16.4. The third-order valence-electron chi connectivity index (χ3n) is 4.96. The minimum Gasteiger partial charge on any atom is -0.353 e. The van der Waals surface area contributed by atoms with E-state index in [1.54, 1.807) is 12.1 Å². The first-order valence-corrected chi connectivity index (χ1v) is 10.8. The number of amides is 1. The van der Waals surface area contributed by atoms with Crippen LogP contribution in [0.4, 0.5) is 5.82 Å². The summed E-state index contributed by atoms with van der Waals surface area (Å²) >= 11 is 0. The zero-order valence-electron chi connectivity index (χ0n) is 15.6. The van der Waals surface area contributed by atoms with Crippen LogP contribution in [0.25, 0.3) is 0 Å². The largest absolute Gasteiger partial charge is 0.353 e. The van der Waals surface area contributed by atoms with Gasteiger partial charge in [0.25, 0.3) is 0 Å². The van der Waals surface area contributed by atoms with Crippen molar-refractivity contribution in [1.29, 1.82) is 0 Å². The second kappa shape index (κ2) is 7.92. The quantitative estimate of drug-likeness (QED) is 0.775. The average molecular weight is 381 g/mol. The molecule has 2 aliphatic rings. The Morgan fingerprint density at radius 1 is 1.08 bits per heavy atom. The summed E-state index contributed by atoms with van der Waals surface area (Å²) in [5.41, 5.74) is 0. The first-order valence-electron chi connectivity index (χ1n) is 9.37. The SMILES string of the molecule is CC(C)CC(=O)N1CCN(c2ccc(S(=O)(=O)N3CCCC3)cn2)CC1. The van der Waals surface area contributed by atoms with E-state index in [0.717, 1.165) is 31.7 Å². The van der Waals surface area contributed by atoms with Crippen LogP contribution < -0.4 is 4.90 Å². The Labute approximate surface area is 156 Å². The maximum Gasteiger partial charge on any atom is 0.244 e. The molecule has 0 spiro atoms. The van der Waals surface area contributed by atoms with Crippen LogP contribution in [-0.2, 0) is 14.8 Å². The van der Waals surface area contributed by atoms with E-state index in [9.17, 15) is 13.2 Å². The van der Waals surface area contributed by atoms with E-state index >= 15 is 0 Å². The van der Waals surface area contributed by atoms with Gasteiger partial charge in [0.15, 0.2) is 0 Å². The highest BCUT2D eigenvalue weighted by atomic mass is 32.2.